The molecule has 0 aliphatic rings. The lowest BCUT2D eigenvalue weighted by molar-refractivity contribution is -0.424. The minimum atomic E-state index is -8.27. The summed E-state index contributed by atoms with van der Waals surface area (Å²) in [6.07, 6.45) is -6.21. The Bertz CT molecular complexity index is 1260. The second kappa shape index (κ2) is 20.9. The van der Waals surface area contributed by atoms with Crippen molar-refractivity contribution < 1.29 is 92.9 Å². The maximum Gasteiger partial charge on any atom is 0.460 e. The van der Waals surface area contributed by atoms with Crippen molar-refractivity contribution in [1.29, 1.82) is 5.26 Å². The molecule has 324 valence electrons. The van der Waals surface area contributed by atoms with Crippen molar-refractivity contribution in [3.8, 4) is 6.07 Å². The highest BCUT2D eigenvalue weighted by Crippen LogP contribution is 2.62. The maximum absolute atomic E-state index is 14.3. The van der Waals surface area contributed by atoms with Gasteiger partial charge in [-0.2, -0.15) is 88.7 Å². The first-order chi connectivity index (χ1) is 24.8. The molecule has 0 aromatic rings. The number of ether oxygens (including phenoxy) is 1. The van der Waals surface area contributed by atoms with Gasteiger partial charge in [0, 0.05) is 6.42 Å². The van der Waals surface area contributed by atoms with Gasteiger partial charge in [-0.25, -0.2) is 0 Å². The summed E-state index contributed by atoms with van der Waals surface area (Å²) in [6, 6.07) is 1.61. The van der Waals surface area contributed by atoms with E-state index in [-0.39, 0.29) is 3.53 Å². The van der Waals surface area contributed by atoms with Gasteiger partial charge in [0.15, 0.2) is 0 Å². The smallest absolute Gasteiger partial charge is 0.460 e. The summed E-state index contributed by atoms with van der Waals surface area (Å²) in [4.78, 5) is 12.4. The van der Waals surface area contributed by atoms with Crippen molar-refractivity contribution in [1.82, 2.24) is 0 Å². The Labute approximate surface area is 317 Å². The summed E-state index contributed by atoms with van der Waals surface area (Å²) in [5.41, 5.74) is 0. The van der Waals surface area contributed by atoms with E-state index in [1.165, 1.54) is 12.8 Å². The van der Waals surface area contributed by atoms with E-state index in [0.29, 0.717) is 23.9 Å². The van der Waals surface area contributed by atoms with Crippen LogP contribution in [0.1, 0.15) is 96.8 Å². The number of hydrogen-bond acceptors (Lipinski definition) is 6. The molecule has 0 spiro atoms. The molecular weight excluding hydrogens is 863 g/mol. The van der Waals surface area contributed by atoms with Gasteiger partial charge >= 0.3 is 59.5 Å². The third kappa shape index (κ3) is 13.5. The quantitative estimate of drug-likeness (QED) is 0.0373. The molecule has 0 saturated carbocycles. The number of nitriles is 1. The number of carbonyl (C=O) groups excluding carboxylic acids is 1. The van der Waals surface area contributed by atoms with Crippen molar-refractivity contribution in [2.75, 3.05) is 12.4 Å². The highest BCUT2D eigenvalue weighted by atomic mass is 32.2. The van der Waals surface area contributed by atoms with Gasteiger partial charge in [0.25, 0.3) is 0 Å². The van der Waals surface area contributed by atoms with Crippen LogP contribution in [0.2, 0.25) is 0 Å². The van der Waals surface area contributed by atoms with E-state index in [0.717, 1.165) is 56.7 Å². The van der Waals surface area contributed by atoms with Crippen molar-refractivity contribution in [2.24, 2.45) is 0 Å². The molecule has 1 atom stereocenters. The van der Waals surface area contributed by atoms with E-state index in [2.05, 4.69) is 11.7 Å². The number of alkyl halides is 19. The summed E-state index contributed by atoms with van der Waals surface area (Å²) in [6.45, 7) is 0.0582. The van der Waals surface area contributed by atoms with Crippen LogP contribution in [-0.4, -0.2) is 80.7 Å². The molecule has 55 heavy (non-hydrogen) atoms. The molecule has 0 aromatic carbocycles. The van der Waals surface area contributed by atoms with Gasteiger partial charge in [-0.3, -0.25) is 4.79 Å². The van der Waals surface area contributed by atoms with Gasteiger partial charge in [-0.15, -0.1) is 11.8 Å². The second-order valence-corrected chi connectivity index (χ2v) is 15.7. The van der Waals surface area contributed by atoms with E-state index < -0.39 is 97.1 Å². The van der Waals surface area contributed by atoms with Crippen LogP contribution < -0.4 is 0 Å². The minimum Gasteiger partial charge on any atom is -0.465 e. The van der Waals surface area contributed by atoms with Crippen LogP contribution in [0.15, 0.2) is 0 Å². The molecule has 0 aromatic heterocycles. The van der Waals surface area contributed by atoms with E-state index in [9.17, 15) is 88.2 Å². The predicted molar refractivity (Wildman–Crippen MR) is 169 cm³/mol. The summed E-state index contributed by atoms with van der Waals surface area (Å²) in [5.74, 6) is -63.6. The first kappa shape index (κ1) is 53.4. The molecule has 0 aliphatic carbocycles. The molecule has 25 heteroatoms. The van der Waals surface area contributed by atoms with E-state index in [1.807, 2.05) is 0 Å². The lowest BCUT2D eigenvalue weighted by Gasteiger charge is -2.41. The van der Waals surface area contributed by atoms with Crippen LogP contribution in [0, 0.1) is 11.3 Å². The van der Waals surface area contributed by atoms with Crippen LogP contribution in [0.4, 0.5) is 83.4 Å². The van der Waals surface area contributed by atoms with Crippen LogP contribution in [0.25, 0.3) is 0 Å². The third-order valence-corrected chi connectivity index (χ3v) is 10.7. The topological polar surface area (TPSA) is 50.1 Å². The predicted octanol–water partition coefficient (Wildman–Crippen LogP) is 13.3. The van der Waals surface area contributed by atoms with Gasteiger partial charge in [0.2, 0.25) is 0 Å². The third-order valence-electron chi connectivity index (χ3n) is 7.76. The van der Waals surface area contributed by atoms with Gasteiger partial charge in [0.05, 0.1) is 25.5 Å². The van der Waals surface area contributed by atoms with Gasteiger partial charge in [0.1, 0.15) is 8.78 Å². The minimum absolute atomic E-state index is 0.0703. The number of esters is 1. The number of halogens is 19. The number of thioether (sulfide) groups is 2. The molecule has 0 saturated heterocycles. The fraction of sp³-hybridized carbons (Fsp3) is 0.900. The zero-order chi connectivity index (χ0) is 43.4. The van der Waals surface area contributed by atoms with Crippen molar-refractivity contribution in [3.63, 3.8) is 0 Å². The average Bonchev–Trinajstić information content (AvgIpc) is 3.03. The molecule has 0 amide bonds. The Morgan fingerprint density at radius 2 is 1.05 bits per heavy atom. The monoisotopic (exact) mass is 899 g/mol. The SMILES string of the molecule is CCCCCCCCCCCCSC(=S)SC(CCC#N)C(=O)OCCC(F)(F)C(F)(F)C(F)(F)C(F)(F)C(F)(F)CC(F)(F)C(F)(F)C(F)(F)C(F)(F)F. The second-order valence-electron chi connectivity index (χ2n) is 12.2. The Morgan fingerprint density at radius 3 is 1.49 bits per heavy atom. The van der Waals surface area contributed by atoms with Crippen LogP contribution >= 0.6 is 35.7 Å². The zero-order valence-corrected chi connectivity index (χ0v) is 31.0. The standard InChI is InChI=1S/C30H36F19NO2S3/c1-2-3-4-5-6-7-8-9-10-11-17-54-21(53)55-19(13-12-15-50)20(51)52-16-14-22(31,32)25(37,38)28(43,44)26(39,40)23(33,34)18-24(35,36)27(41,42)29(45,46)30(47,48)49/h19H,2-14,16-18H2,1H3. The summed E-state index contributed by atoms with van der Waals surface area (Å²) in [5, 5.41) is 7.32. The maximum atomic E-state index is 14.3. The molecule has 0 rings (SSSR count). The largest absolute Gasteiger partial charge is 0.465 e. The van der Waals surface area contributed by atoms with E-state index in [1.54, 1.807) is 6.07 Å². The van der Waals surface area contributed by atoms with Crippen molar-refractivity contribution >= 4 is 45.2 Å². The molecule has 0 N–H and O–H groups in total. The Hall–Kier alpha value is -1.58. The fourth-order valence-corrected chi connectivity index (χ4v) is 7.03. The summed E-state index contributed by atoms with van der Waals surface area (Å²) < 4.78 is 262. The lowest BCUT2D eigenvalue weighted by atomic mass is 9.88. The normalized spacial score (nSPS) is 14.8. The zero-order valence-electron chi connectivity index (χ0n) is 28.6. The van der Waals surface area contributed by atoms with E-state index >= 15 is 0 Å². The van der Waals surface area contributed by atoms with Gasteiger partial charge < -0.3 is 4.74 Å². The first-order valence-electron chi connectivity index (χ1n) is 16.2. The summed E-state index contributed by atoms with van der Waals surface area (Å²) in [7, 11) is 0. The Morgan fingerprint density at radius 1 is 0.636 bits per heavy atom. The number of thiocarbonyl (C=S) groups is 1. The van der Waals surface area contributed by atoms with Crippen LogP contribution in [-0.2, 0) is 9.53 Å². The molecular formula is C30H36F19NO2S3. The number of rotatable bonds is 26. The van der Waals surface area contributed by atoms with Crippen LogP contribution in [0.3, 0.4) is 0 Å². The Balaban J connectivity index is 5.58. The number of nitrogens with zero attached hydrogens (tertiary/aromatic N) is 1. The van der Waals surface area contributed by atoms with Crippen LogP contribution in [0.5, 0.6) is 0 Å². The molecule has 0 aliphatic heterocycles. The van der Waals surface area contributed by atoms with Gasteiger partial charge in [-0.1, -0.05) is 88.7 Å². The fourth-order valence-electron chi connectivity index (χ4n) is 4.41. The Kier molecular flexibility index (Phi) is 20.3. The average molecular weight is 900 g/mol. The summed E-state index contributed by atoms with van der Waals surface area (Å²) >= 11 is 6.74. The molecule has 1 unspecified atom stereocenters. The van der Waals surface area contributed by atoms with E-state index in [4.69, 9.17) is 17.5 Å². The molecule has 3 nitrogen and oxygen atoms in total. The van der Waals surface area contributed by atoms with Gasteiger partial charge in [-0.05, 0) is 18.6 Å². The number of hydrogen-bond donors (Lipinski definition) is 0. The lowest BCUT2D eigenvalue weighted by Crippen LogP contribution is -2.69. The highest BCUT2D eigenvalue weighted by Gasteiger charge is 2.89. The molecule has 0 bridgehead atoms. The number of unbranched alkanes of at least 4 members (excludes halogenated alkanes) is 9. The van der Waals surface area contributed by atoms with Crippen molar-refractivity contribution in [3.05, 3.63) is 0 Å². The molecule has 0 fully saturated rings. The highest BCUT2D eigenvalue weighted by molar-refractivity contribution is 8.47. The molecule has 0 radical (unpaired) electrons. The molecule has 0 heterocycles. The van der Waals surface area contributed by atoms with Crippen molar-refractivity contribution in [2.45, 2.75) is 156 Å². The number of carbonyl (C=O) groups is 1. The first-order valence-corrected chi connectivity index (χ1v) is 18.5.